The van der Waals surface area contributed by atoms with Crippen molar-refractivity contribution in [2.24, 2.45) is 0 Å². The van der Waals surface area contributed by atoms with E-state index in [1.807, 2.05) is 68.4 Å². The van der Waals surface area contributed by atoms with Crippen LogP contribution in [0.1, 0.15) is 13.8 Å². The van der Waals surface area contributed by atoms with E-state index < -0.39 is 0 Å². The van der Waals surface area contributed by atoms with Crippen LogP contribution in [0.15, 0.2) is 54.6 Å². The Kier molecular flexibility index (Phi) is 5.21. The van der Waals surface area contributed by atoms with Crippen LogP contribution in [0.5, 0.6) is 11.5 Å². The van der Waals surface area contributed by atoms with Crippen LogP contribution in [0.3, 0.4) is 0 Å². The zero-order valence-corrected chi connectivity index (χ0v) is 12.3. The number of hydrogen-bond donors (Lipinski definition) is 2. The first-order valence-corrected chi connectivity index (χ1v) is 7.00. The number of benzene rings is 2. The Morgan fingerprint density at radius 3 is 2.43 bits per heavy atom. The highest BCUT2D eigenvalue weighted by molar-refractivity contribution is 5.81. The van der Waals surface area contributed by atoms with Gasteiger partial charge in [0.05, 0.1) is 12.2 Å². The van der Waals surface area contributed by atoms with Crippen LogP contribution < -0.4 is 15.4 Å². The number of carbonyl (C=O) groups is 1. The molecule has 0 fully saturated rings. The van der Waals surface area contributed by atoms with Crippen LogP contribution in [0.4, 0.5) is 5.69 Å². The van der Waals surface area contributed by atoms with E-state index in [0.29, 0.717) is 5.75 Å². The monoisotopic (exact) mass is 284 g/mol. The van der Waals surface area contributed by atoms with Crippen LogP contribution in [-0.2, 0) is 4.79 Å². The van der Waals surface area contributed by atoms with Crippen LogP contribution >= 0.6 is 0 Å². The molecule has 0 atom stereocenters. The average Bonchev–Trinajstić information content (AvgIpc) is 2.47. The lowest BCUT2D eigenvalue weighted by Gasteiger charge is -2.13. The third kappa shape index (κ3) is 4.84. The van der Waals surface area contributed by atoms with Gasteiger partial charge in [-0.1, -0.05) is 30.3 Å². The Morgan fingerprint density at radius 1 is 1.05 bits per heavy atom. The van der Waals surface area contributed by atoms with Crippen molar-refractivity contribution < 1.29 is 9.53 Å². The molecular formula is C17H20N2O2. The number of carbonyl (C=O) groups excluding carboxylic acids is 1. The third-order valence-corrected chi connectivity index (χ3v) is 2.75. The molecule has 4 heteroatoms. The van der Waals surface area contributed by atoms with Gasteiger partial charge in [-0.15, -0.1) is 0 Å². The van der Waals surface area contributed by atoms with Crippen LogP contribution in [0.25, 0.3) is 0 Å². The fourth-order valence-electron chi connectivity index (χ4n) is 1.87. The molecule has 0 aliphatic carbocycles. The number of ether oxygens (including phenoxy) is 1. The highest BCUT2D eigenvalue weighted by Crippen LogP contribution is 2.28. The van der Waals surface area contributed by atoms with Crippen LogP contribution in [-0.4, -0.2) is 18.5 Å². The lowest BCUT2D eigenvalue weighted by atomic mass is 10.3. The molecule has 0 radical (unpaired) electrons. The quantitative estimate of drug-likeness (QED) is 0.854. The Morgan fingerprint density at radius 2 is 1.71 bits per heavy atom. The van der Waals surface area contributed by atoms with E-state index >= 15 is 0 Å². The van der Waals surface area contributed by atoms with Gasteiger partial charge in [-0.3, -0.25) is 4.79 Å². The first-order chi connectivity index (χ1) is 10.1. The first-order valence-electron chi connectivity index (χ1n) is 7.00. The number of hydrogen-bond acceptors (Lipinski definition) is 3. The smallest absolute Gasteiger partial charge is 0.239 e. The van der Waals surface area contributed by atoms with E-state index in [2.05, 4.69) is 10.6 Å². The molecule has 0 unspecified atom stereocenters. The number of anilines is 1. The molecule has 2 aromatic rings. The molecule has 21 heavy (non-hydrogen) atoms. The van der Waals surface area contributed by atoms with Crippen LogP contribution in [0, 0.1) is 0 Å². The maximum atomic E-state index is 11.7. The zero-order valence-electron chi connectivity index (χ0n) is 12.3. The Balaban J connectivity index is 2.02. The van der Waals surface area contributed by atoms with Gasteiger partial charge >= 0.3 is 0 Å². The Labute approximate surface area is 125 Å². The summed E-state index contributed by atoms with van der Waals surface area (Å²) in [6, 6.07) is 17.3. The fraction of sp³-hybridized carbons (Fsp3) is 0.235. The third-order valence-electron chi connectivity index (χ3n) is 2.75. The summed E-state index contributed by atoms with van der Waals surface area (Å²) in [4.78, 5) is 11.7. The first kappa shape index (κ1) is 14.9. The summed E-state index contributed by atoms with van der Waals surface area (Å²) in [6.45, 7) is 4.09. The molecule has 4 nitrogen and oxygen atoms in total. The second-order valence-electron chi connectivity index (χ2n) is 4.99. The lowest BCUT2D eigenvalue weighted by Crippen LogP contribution is -2.34. The maximum absolute atomic E-state index is 11.7. The highest BCUT2D eigenvalue weighted by Gasteiger charge is 2.07. The molecular weight excluding hydrogens is 264 g/mol. The molecule has 1 amide bonds. The minimum absolute atomic E-state index is 0.0421. The van der Waals surface area contributed by atoms with Crippen molar-refractivity contribution in [2.45, 2.75) is 19.9 Å². The van der Waals surface area contributed by atoms with E-state index in [-0.39, 0.29) is 18.5 Å². The largest absolute Gasteiger partial charge is 0.455 e. The molecule has 0 aliphatic rings. The summed E-state index contributed by atoms with van der Waals surface area (Å²) in [5.74, 6) is 1.42. The summed E-state index contributed by atoms with van der Waals surface area (Å²) in [6.07, 6.45) is 0. The molecule has 2 aromatic carbocycles. The summed E-state index contributed by atoms with van der Waals surface area (Å²) in [5.41, 5.74) is 0.792. The number of amides is 1. The number of rotatable bonds is 6. The van der Waals surface area contributed by atoms with Gasteiger partial charge in [0.15, 0.2) is 5.75 Å². The van der Waals surface area contributed by atoms with E-state index in [0.717, 1.165) is 11.4 Å². The zero-order chi connectivity index (χ0) is 15.1. The van der Waals surface area contributed by atoms with Crippen molar-refractivity contribution in [3.63, 3.8) is 0 Å². The van der Waals surface area contributed by atoms with Gasteiger partial charge in [0, 0.05) is 6.04 Å². The van der Waals surface area contributed by atoms with Gasteiger partial charge in [-0.25, -0.2) is 0 Å². The molecule has 0 heterocycles. The summed E-state index contributed by atoms with van der Waals surface area (Å²) >= 11 is 0. The van der Waals surface area contributed by atoms with Crippen molar-refractivity contribution in [1.29, 1.82) is 0 Å². The lowest BCUT2D eigenvalue weighted by molar-refractivity contribution is -0.119. The maximum Gasteiger partial charge on any atom is 0.239 e. The van der Waals surface area contributed by atoms with Crippen molar-refractivity contribution >= 4 is 11.6 Å². The van der Waals surface area contributed by atoms with Crippen LogP contribution in [0.2, 0.25) is 0 Å². The number of nitrogens with one attached hydrogen (secondary N) is 2. The summed E-state index contributed by atoms with van der Waals surface area (Å²) in [7, 11) is 0. The van der Waals surface area contributed by atoms with Crippen molar-refractivity contribution in [1.82, 2.24) is 5.32 Å². The van der Waals surface area contributed by atoms with E-state index in [1.165, 1.54) is 0 Å². The van der Waals surface area contributed by atoms with E-state index in [4.69, 9.17) is 4.74 Å². The minimum atomic E-state index is -0.0421. The van der Waals surface area contributed by atoms with Crippen molar-refractivity contribution in [2.75, 3.05) is 11.9 Å². The SMILES string of the molecule is CC(C)NC(=O)CNc1ccccc1Oc1ccccc1. The molecule has 0 bridgehead atoms. The standard InChI is InChI=1S/C17H20N2O2/c1-13(2)19-17(20)12-18-15-10-6-7-11-16(15)21-14-8-4-3-5-9-14/h3-11,13,18H,12H2,1-2H3,(H,19,20). The van der Waals surface area contributed by atoms with Gasteiger partial charge in [0.1, 0.15) is 5.75 Å². The molecule has 2 N–H and O–H groups in total. The van der Waals surface area contributed by atoms with Gasteiger partial charge in [-0.05, 0) is 38.1 Å². The topological polar surface area (TPSA) is 50.4 Å². The van der Waals surface area contributed by atoms with Gasteiger partial charge in [0.2, 0.25) is 5.91 Å². The molecule has 2 rings (SSSR count). The van der Waals surface area contributed by atoms with E-state index in [9.17, 15) is 4.79 Å². The Hall–Kier alpha value is -2.49. The summed E-state index contributed by atoms with van der Waals surface area (Å²) in [5, 5.41) is 5.94. The fourth-order valence-corrected chi connectivity index (χ4v) is 1.87. The Bertz CT molecular complexity index is 582. The molecule has 110 valence electrons. The van der Waals surface area contributed by atoms with E-state index in [1.54, 1.807) is 0 Å². The molecule has 0 saturated carbocycles. The van der Waals surface area contributed by atoms with Crippen molar-refractivity contribution in [3.05, 3.63) is 54.6 Å². The second kappa shape index (κ2) is 7.33. The predicted molar refractivity (Wildman–Crippen MR) is 84.7 cm³/mol. The van der Waals surface area contributed by atoms with Crippen molar-refractivity contribution in [3.8, 4) is 11.5 Å². The predicted octanol–water partition coefficient (Wildman–Crippen LogP) is 3.42. The normalized spacial score (nSPS) is 10.2. The minimum Gasteiger partial charge on any atom is -0.455 e. The average molecular weight is 284 g/mol. The molecule has 0 spiro atoms. The molecule has 0 aliphatic heterocycles. The second-order valence-corrected chi connectivity index (χ2v) is 4.99. The molecule has 0 aromatic heterocycles. The van der Waals surface area contributed by atoms with Gasteiger partial charge in [0.25, 0.3) is 0 Å². The van der Waals surface area contributed by atoms with Gasteiger partial charge in [-0.2, -0.15) is 0 Å². The summed E-state index contributed by atoms with van der Waals surface area (Å²) < 4.78 is 5.83. The molecule has 0 saturated heterocycles. The highest BCUT2D eigenvalue weighted by atomic mass is 16.5. The number of para-hydroxylation sites is 3. The van der Waals surface area contributed by atoms with Gasteiger partial charge < -0.3 is 15.4 Å².